The van der Waals surface area contributed by atoms with Crippen LogP contribution in [0.15, 0.2) is 30.3 Å². The first-order valence-corrected chi connectivity index (χ1v) is 9.74. The third-order valence-electron chi connectivity index (χ3n) is 3.72. The van der Waals surface area contributed by atoms with E-state index in [1.54, 1.807) is 0 Å². The predicted octanol–water partition coefficient (Wildman–Crippen LogP) is 6.05. The Kier molecular flexibility index (Phi) is 10.6. The highest BCUT2D eigenvalue weighted by molar-refractivity contribution is 6.68. The first kappa shape index (κ1) is 21.4. The van der Waals surface area contributed by atoms with E-state index in [1.165, 1.54) is 32.1 Å². The quantitative estimate of drug-likeness (QED) is 0.273. The van der Waals surface area contributed by atoms with E-state index < -0.39 is 9.96 Å². The summed E-state index contributed by atoms with van der Waals surface area (Å²) in [5.74, 6) is -0.108. The molecule has 0 bridgehead atoms. The van der Waals surface area contributed by atoms with Crippen LogP contribution in [0.1, 0.15) is 58.3 Å². The van der Waals surface area contributed by atoms with E-state index in [-0.39, 0.29) is 5.91 Å². The maximum absolute atomic E-state index is 12.1. The van der Waals surface area contributed by atoms with Gasteiger partial charge < -0.3 is 10.6 Å². The predicted molar refractivity (Wildman–Crippen MR) is 105 cm³/mol. The lowest BCUT2D eigenvalue weighted by molar-refractivity contribution is -0.121. The van der Waals surface area contributed by atoms with Crippen molar-refractivity contribution in [3.8, 4) is 0 Å². The molecule has 0 aliphatic carbocycles. The van der Waals surface area contributed by atoms with E-state index in [4.69, 9.17) is 34.8 Å². The standard InChI is InChI=1S/C18H27Cl3N2O/c1-2-3-4-5-6-7-11-14-16(24)23-17(18(19,20)21)22-15-12-9-8-10-13-15/h8-10,12-13,17,22H,2-7,11,14H2,1H3,(H,23,24)/t17-/m1/s1. The van der Waals surface area contributed by atoms with Gasteiger partial charge in [-0.05, 0) is 18.6 Å². The molecule has 0 saturated heterocycles. The van der Waals surface area contributed by atoms with Crippen molar-refractivity contribution in [3.05, 3.63) is 30.3 Å². The number of alkyl halides is 3. The lowest BCUT2D eigenvalue weighted by Gasteiger charge is -2.27. The average Bonchev–Trinajstić information content (AvgIpc) is 2.53. The van der Waals surface area contributed by atoms with Crippen LogP contribution in [-0.4, -0.2) is 15.9 Å². The van der Waals surface area contributed by atoms with Gasteiger partial charge in [0.05, 0.1) is 0 Å². The van der Waals surface area contributed by atoms with Crippen molar-refractivity contribution in [2.45, 2.75) is 68.2 Å². The molecular formula is C18H27Cl3N2O. The summed E-state index contributed by atoms with van der Waals surface area (Å²) in [7, 11) is 0. The molecule has 0 aromatic heterocycles. The van der Waals surface area contributed by atoms with E-state index in [0.29, 0.717) is 6.42 Å². The molecule has 0 spiro atoms. The highest BCUT2D eigenvalue weighted by atomic mass is 35.6. The number of para-hydroxylation sites is 1. The van der Waals surface area contributed by atoms with Crippen molar-refractivity contribution in [3.63, 3.8) is 0 Å². The summed E-state index contributed by atoms with van der Waals surface area (Å²) in [5.41, 5.74) is 0.782. The molecule has 0 saturated carbocycles. The number of hydrogen-bond acceptors (Lipinski definition) is 2. The van der Waals surface area contributed by atoms with E-state index in [9.17, 15) is 4.79 Å². The van der Waals surface area contributed by atoms with E-state index in [2.05, 4.69) is 17.6 Å². The van der Waals surface area contributed by atoms with Crippen LogP contribution < -0.4 is 10.6 Å². The Hall–Kier alpha value is -0.640. The van der Waals surface area contributed by atoms with Crippen LogP contribution in [0.5, 0.6) is 0 Å². The second-order valence-corrected chi connectivity index (χ2v) is 8.29. The van der Waals surface area contributed by atoms with Crippen molar-refractivity contribution in [1.82, 2.24) is 5.32 Å². The highest BCUT2D eigenvalue weighted by Gasteiger charge is 2.33. The van der Waals surface area contributed by atoms with Crippen LogP contribution in [-0.2, 0) is 4.79 Å². The van der Waals surface area contributed by atoms with Crippen LogP contribution in [0.3, 0.4) is 0 Å². The lowest BCUT2D eigenvalue weighted by Crippen LogP contribution is -2.49. The molecule has 1 aromatic carbocycles. The molecule has 1 atom stereocenters. The Balaban J connectivity index is 2.34. The fourth-order valence-electron chi connectivity index (χ4n) is 2.38. The zero-order valence-electron chi connectivity index (χ0n) is 14.2. The Morgan fingerprint density at radius 1 is 1.00 bits per heavy atom. The average molecular weight is 394 g/mol. The molecule has 1 amide bonds. The second kappa shape index (κ2) is 11.8. The molecule has 0 heterocycles. The number of amides is 1. The summed E-state index contributed by atoms with van der Waals surface area (Å²) in [6.07, 6.45) is 7.80. The molecular weight excluding hydrogens is 367 g/mol. The van der Waals surface area contributed by atoms with E-state index >= 15 is 0 Å². The highest BCUT2D eigenvalue weighted by Crippen LogP contribution is 2.31. The third-order valence-corrected chi connectivity index (χ3v) is 4.38. The molecule has 3 nitrogen and oxygen atoms in total. The number of hydrogen-bond donors (Lipinski definition) is 2. The Morgan fingerprint density at radius 2 is 1.58 bits per heavy atom. The molecule has 0 unspecified atom stereocenters. The molecule has 1 aromatic rings. The van der Waals surface area contributed by atoms with Gasteiger partial charge in [0.25, 0.3) is 0 Å². The fourth-order valence-corrected chi connectivity index (χ4v) is 2.70. The lowest BCUT2D eigenvalue weighted by atomic mass is 10.1. The Labute approximate surface area is 160 Å². The number of anilines is 1. The summed E-state index contributed by atoms with van der Waals surface area (Å²) in [4.78, 5) is 12.1. The SMILES string of the molecule is CCCCCCCCCC(=O)N[C@@H](Nc1ccccc1)C(Cl)(Cl)Cl. The second-order valence-electron chi connectivity index (χ2n) is 5.92. The maximum atomic E-state index is 12.1. The summed E-state index contributed by atoms with van der Waals surface area (Å²) in [6.45, 7) is 2.20. The van der Waals surface area contributed by atoms with Gasteiger partial charge in [-0.25, -0.2) is 0 Å². The normalized spacial score (nSPS) is 12.7. The zero-order valence-corrected chi connectivity index (χ0v) is 16.4. The van der Waals surface area contributed by atoms with Gasteiger partial charge in [-0.2, -0.15) is 0 Å². The van der Waals surface area contributed by atoms with Gasteiger partial charge in [-0.3, -0.25) is 4.79 Å². The minimum Gasteiger partial charge on any atom is -0.362 e. The Bertz CT molecular complexity index is 463. The summed E-state index contributed by atoms with van der Waals surface area (Å²) in [6, 6.07) is 9.35. The first-order chi connectivity index (χ1) is 11.4. The van der Waals surface area contributed by atoms with Crippen molar-refractivity contribution in [1.29, 1.82) is 0 Å². The first-order valence-electron chi connectivity index (χ1n) is 8.61. The van der Waals surface area contributed by atoms with Gasteiger partial charge in [-0.1, -0.05) is 98.5 Å². The molecule has 6 heteroatoms. The minimum absolute atomic E-state index is 0.108. The third kappa shape index (κ3) is 9.61. The molecule has 1 rings (SSSR count). The molecule has 136 valence electrons. The molecule has 0 radical (unpaired) electrons. The smallest absolute Gasteiger partial charge is 0.228 e. The summed E-state index contributed by atoms with van der Waals surface area (Å²) >= 11 is 17.9. The van der Waals surface area contributed by atoms with Crippen molar-refractivity contribution in [2.24, 2.45) is 0 Å². The van der Waals surface area contributed by atoms with Gasteiger partial charge in [-0.15, -0.1) is 0 Å². The van der Waals surface area contributed by atoms with Crippen LogP contribution in [0.4, 0.5) is 5.69 Å². The molecule has 24 heavy (non-hydrogen) atoms. The van der Waals surface area contributed by atoms with Crippen molar-refractivity contribution in [2.75, 3.05) is 5.32 Å². The van der Waals surface area contributed by atoms with Gasteiger partial charge in [0.2, 0.25) is 9.70 Å². The van der Waals surface area contributed by atoms with E-state index in [0.717, 1.165) is 18.5 Å². The van der Waals surface area contributed by atoms with Crippen LogP contribution in [0.2, 0.25) is 0 Å². The molecule has 0 aliphatic heterocycles. The van der Waals surface area contributed by atoms with Gasteiger partial charge in [0.1, 0.15) is 6.17 Å². The minimum atomic E-state index is -1.63. The number of unbranched alkanes of at least 4 members (excludes halogenated alkanes) is 6. The monoisotopic (exact) mass is 392 g/mol. The topological polar surface area (TPSA) is 41.1 Å². The summed E-state index contributed by atoms with van der Waals surface area (Å²) < 4.78 is -1.63. The van der Waals surface area contributed by atoms with Crippen molar-refractivity contribution < 1.29 is 4.79 Å². The number of benzene rings is 1. The fraction of sp³-hybridized carbons (Fsp3) is 0.611. The number of carbonyl (C=O) groups excluding carboxylic acids is 1. The largest absolute Gasteiger partial charge is 0.362 e. The maximum Gasteiger partial charge on any atom is 0.228 e. The van der Waals surface area contributed by atoms with Crippen LogP contribution >= 0.6 is 34.8 Å². The van der Waals surface area contributed by atoms with Gasteiger partial charge in [0, 0.05) is 12.1 Å². The van der Waals surface area contributed by atoms with Crippen LogP contribution in [0, 0.1) is 0 Å². The van der Waals surface area contributed by atoms with Gasteiger partial charge in [0.15, 0.2) is 0 Å². The molecule has 0 fully saturated rings. The Morgan fingerprint density at radius 3 is 2.17 bits per heavy atom. The summed E-state index contributed by atoms with van der Waals surface area (Å²) in [5, 5.41) is 5.82. The molecule has 2 N–H and O–H groups in total. The number of carbonyl (C=O) groups is 1. The van der Waals surface area contributed by atoms with Crippen LogP contribution in [0.25, 0.3) is 0 Å². The zero-order chi connectivity index (χ0) is 17.8. The number of rotatable bonds is 11. The van der Waals surface area contributed by atoms with Gasteiger partial charge >= 0.3 is 0 Å². The van der Waals surface area contributed by atoms with Crippen molar-refractivity contribution >= 4 is 46.4 Å². The van der Waals surface area contributed by atoms with E-state index in [1.807, 2.05) is 30.3 Å². The number of halogens is 3. The molecule has 0 aliphatic rings. The number of nitrogens with one attached hydrogen (secondary N) is 2.